The van der Waals surface area contributed by atoms with Crippen LogP contribution in [-0.4, -0.2) is 25.8 Å². The molecule has 5 rings (SSSR count). The number of nitrogens with one attached hydrogen (secondary N) is 3. The summed E-state index contributed by atoms with van der Waals surface area (Å²) < 4.78 is 53.1. The van der Waals surface area contributed by atoms with E-state index < -0.39 is 23.5 Å². The summed E-state index contributed by atoms with van der Waals surface area (Å²) in [5.74, 6) is 0.0807. The second-order valence-electron chi connectivity index (χ2n) is 8.68. The number of hydrogen-bond donors (Lipinski definition) is 3. The van der Waals surface area contributed by atoms with E-state index >= 15 is 0 Å². The van der Waals surface area contributed by atoms with Gasteiger partial charge in [-0.3, -0.25) is 9.69 Å². The molecule has 0 radical (unpaired) electrons. The first-order chi connectivity index (χ1) is 19.2. The van der Waals surface area contributed by atoms with Crippen molar-refractivity contribution in [2.75, 3.05) is 15.5 Å². The Morgan fingerprint density at radius 2 is 1.75 bits per heavy atom. The summed E-state index contributed by atoms with van der Waals surface area (Å²) in [6.45, 7) is 1.84. The number of rotatable bonds is 7. The van der Waals surface area contributed by atoms with Crippen molar-refractivity contribution in [3.05, 3.63) is 114 Å². The van der Waals surface area contributed by atoms with Crippen molar-refractivity contribution in [2.45, 2.75) is 13.1 Å². The molecule has 202 valence electrons. The number of aromatic amines is 1. The zero-order chi connectivity index (χ0) is 28.3. The summed E-state index contributed by atoms with van der Waals surface area (Å²) in [7, 11) is 0. The average molecular weight is 548 g/mol. The van der Waals surface area contributed by atoms with Gasteiger partial charge in [-0.2, -0.15) is 13.2 Å². The van der Waals surface area contributed by atoms with Gasteiger partial charge in [-0.05, 0) is 61.0 Å². The predicted molar refractivity (Wildman–Crippen MR) is 143 cm³/mol. The molecule has 3 aromatic carbocycles. The number of halogens is 4. The summed E-state index contributed by atoms with van der Waals surface area (Å²) in [6, 6.07) is 16.8. The van der Waals surface area contributed by atoms with Crippen molar-refractivity contribution in [1.82, 2.24) is 19.9 Å². The monoisotopic (exact) mass is 547 g/mol. The van der Waals surface area contributed by atoms with E-state index in [-0.39, 0.29) is 5.56 Å². The first-order valence-electron chi connectivity index (χ1n) is 11.9. The number of benzene rings is 3. The Labute approximate surface area is 225 Å². The lowest BCUT2D eigenvalue weighted by Gasteiger charge is -2.24. The Balaban J connectivity index is 1.48. The molecule has 0 atom stereocenters. The van der Waals surface area contributed by atoms with E-state index in [9.17, 15) is 22.4 Å². The number of alkyl halides is 3. The molecule has 0 saturated heterocycles. The van der Waals surface area contributed by atoms with Crippen LogP contribution in [0, 0.1) is 12.7 Å². The van der Waals surface area contributed by atoms with E-state index in [0.29, 0.717) is 34.6 Å². The summed E-state index contributed by atoms with van der Waals surface area (Å²) in [4.78, 5) is 30.5. The third-order valence-corrected chi connectivity index (χ3v) is 5.83. The van der Waals surface area contributed by atoms with Gasteiger partial charge in [0.25, 0.3) is 5.91 Å². The molecule has 0 aliphatic rings. The molecule has 3 N–H and O–H groups in total. The molecule has 0 saturated carbocycles. The van der Waals surface area contributed by atoms with E-state index in [4.69, 9.17) is 0 Å². The van der Waals surface area contributed by atoms with Crippen molar-refractivity contribution in [2.24, 2.45) is 0 Å². The molecule has 2 heterocycles. The lowest BCUT2D eigenvalue weighted by molar-refractivity contribution is -0.137. The maximum Gasteiger partial charge on any atom is 0.416 e. The van der Waals surface area contributed by atoms with E-state index in [1.54, 1.807) is 53.7 Å². The third kappa shape index (κ3) is 5.90. The quantitative estimate of drug-likeness (QED) is 0.188. The van der Waals surface area contributed by atoms with Crippen LogP contribution in [0.2, 0.25) is 0 Å². The standard InChI is InChI=1S/C28H21F4N7O/c1-17-8-9-22(38-26(40)18-4-2-5-19(12-18)28(30,31)32)14-23(17)39(27-33-10-11-34-27)25-15-24(35-16-36-25)37-21-7-3-6-20(29)13-21/h2-16H,1H3,(H,33,34)(H,38,40)(H,35,36,37). The van der Waals surface area contributed by atoms with E-state index in [1.807, 2.05) is 6.92 Å². The number of nitrogens with zero attached hydrogens (tertiary/aromatic N) is 4. The molecular weight excluding hydrogens is 526 g/mol. The van der Waals surface area contributed by atoms with Crippen LogP contribution in [0.1, 0.15) is 21.5 Å². The second-order valence-corrected chi connectivity index (χ2v) is 8.68. The molecule has 0 spiro atoms. The van der Waals surface area contributed by atoms with Crippen LogP contribution in [0.25, 0.3) is 0 Å². The number of carbonyl (C=O) groups excluding carboxylic acids is 1. The number of aromatic nitrogens is 4. The normalized spacial score (nSPS) is 11.2. The lowest BCUT2D eigenvalue weighted by atomic mass is 10.1. The average Bonchev–Trinajstić information content (AvgIpc) is 3.45. The summed E-state index contributed by atoms with van der Waals surface area (Å²) >= 11 is 0. The highest BCUT2D eigenvalue weighted by Gasteiger charge is 2.31. The number of amides is 1. The highest BCUT2D eigenvalue weighted by atomic mass is 19.4. The van der Waals surface area contributed by atoms with Crippen LogP contribution in [0.15, 0.2) is 91.5 Å². The summed E-state index contributed by atoms with van der Waals surface area (Å²) in [6.07, 6.45) is -0.0493. The molecule has 0 aliphatic carbocycles. The molecule has 1 amide bonds. The molecule has 5 aromatic rings. The number of H-pyrrole nitrogens is 1. The number of carbonyl (C=O) groups is 1. The van der Waals surface area contributed by atoms with Crippen LogP contribution in [-0.2, 0) is 6.18 Å². The second kappa shape index (κ2) is 10.8. The van der Waals surface area contributed by atoms with E-state index in [0.717, 1.165) is 17.7 Å². The SMILES string of the molecule is Cc1ccc(NC(=O)c2cccc(C(F)(F)F)c2)cc1N(c1cc(Nc2cccc(F)c2)ncn1)c1ncc[nH]1. The van der Waals surface area contributed by atoms with Gasteiger partial charge >= 0.3 is 6.18 Å². The van der Waals surface area contributed by atoms with Crippen molar-refractivity contribution in [3.8, 4) is 0 Å². The van der Waals surface area contributed by atoms with Crippen molar-refractivity contribution in [3.63, 3.8) is 0 Å². The van der Waals surface area contributed by atoms with Gasteiger partial charge in [-0.25, -0.2) is 19.3 Å². The number of anilines is 6. The number of aryl methyl sites for hydroxylation is 1. The molecule has 0 unspecified atom stereocenters. The van der Waals surface area contributed by atoms with Gasteiger partial charge in [-0.15, -0.1) is 0 Å². The number of hydrogen-bond acceptors (Lipinski definition) is 6. The molecule has 40 heavy (non-hydrogen) atoms. The maximum atomic E-state index is 13.7. The van der Waals surface area contributed by atoms with Crippen LogP contribution in [0.5, 0.6) is 0 Å². The minimum atomic E-state index is -4.57. The van der Waals surface area contributed by atoms with Gasteiger partial charge < -0.3 is 15.6 Å². The fourth-order valence-corrected chi connectivity index (χ4v) is 3.95. The van der Waals surface area contributed by atoms with Gasteiger partial charge in [0.15, 0.2) is 0 Å². The Morgan fingerprint density at radius 1 is 0.925 bits per heavy atom. The molecule has 8 nitrogen and oxygen atoms in total. The van der Waals surface area contributed by atoms with Gasteiger partial charge in [0, 0.05) is 35.4 Å². The minimum absolute atomic E-state index is 0.135. The third-order valence-electron chi connectivity index (χ3n) is 5.83. The van der Waals surface area contributed by atoms with Crippen molar-refractivity contribution < 1.29 is 22.4 Å². The topological polar surface area (TPSA) is 98.8 Å². The zero-order valence-corrected chi connectivity index (χ0v) is 20.9. The predicted octanol–water partition coefficient (Wildman–Crippen LogP) is 7.13. The Kier molecular flexibility index (Phi) is 7.15. The lowest BCUT2D eigenvalue weighted by Crippen LogP contribution is -2.17. The van der Waals surface area contributed by atoms with Crippen LogP contribution >= 0.6 is 0 Å². The van der Waals surface area contributed by atoms with Gasteiger partial charge in [-0.1, -0.05) is 18.2 Å². The summed E-state index contributed by atoms with van der Waals surface area (Å²) in [5, 5.41) is 5.70. The van der Waals surface area contributed by atoms with Gasteiger partial charge in [0.1, 0.15) is 23.8 Å². The van der Waals surface area contributed by atoms with Crippen LogP contribution in [0.3, 0.4) is 0 Å². The fourth-order valence-electron chi connectivity index (χ4n) is 3.95. The van der Waals surface area contributed by atoms with Gasteiger partial charge in [0.05, 0.1) is 11.3 Å². The van der Waals surface area contributed by atoms with E-state index in [1.165, 1.54) is 30.6 Å². The molecule has 0 aliphatic heterocycles. The largest absolute Gasteiger partial charge is 0.416 e. The first-order valence-corrected chi connectivity index (χ1v) is 11.9. The van der Waals surface area contributed by atoms with Crippen LogP contribution < -0.4 is 15.5 Å². The molecular formula is C28H21F4N7O. The molecule has 2 aromatic heterocycles. The summed E-state index contributed by atoms with van der Waals surface area (Å²) in [5.41, 5.74) is 1.14. The highest BCUT2D eigenvalue weighted by molar-refractivity contribution is 6.04. The minimum Gasteiger partial charge on any atom is -0.340 e. The molecule has 0 bridgehead atoms. The van der Waals surface area contributed by atoms with Gasteiger partial charge in [0.2, 0.25) is 5.95 Å². The maximum absolute atomic E-state index is 13.7. The molecule has 12 heteroatoms. The fraction of sp³-hybridized carbons (Fsp3) is 0.0714. The Morgan fingerprint density at radius 3 is 2.50 bits per heavy atom. The van der Waals surface area contributed by atoms with Crippen molar-refractivity contribution in [1.29, 1.82) is 0 Å². The smallest absolute Gasteiger partial charge is 0.340 e. The Bertz CT molecular complexity index is 1660. The number of imidazole rings is 1. The first kappa shape index (κ1) is 26.4. The van der Waals surface area contributed by atoms with E-state index in [2.05, 4.69) is 30.6 Å². The highest BCUT2D eigenvalue weighted by Crippen LogP contribution is 2.36. The Hall–Kier alpha value is -5.26. The van der Waals surface area contributed by atoms with Crippen LogP contribution in [0.4, 0.5) is 52.2 Å². The molecule has 0 fully saturated rings. The van der Waals surface area contributed by atoms with Crippen molar-refractivity contribution >= 4 is 40.6 Å². The zero-order valence-electron chi connectivity index (χ0n) is 20.9.